The van der Waals surface area contributed by atoms with Gasteiger partial charge in [0.1, 0.15) is 11.6 Å². The molecule has 180 valence electrons. The number of anilines is 3. The molecule has 1 atom stereocenters. The number of imidazole rings is 1. The number of aliphatic hydroxyl groups excluding tert-OH is 1. The SMILES string of the molecule is CC(O)CNc1nccc(-n2ccnc2-c2cccc(NC(=O)Nc3cc(Cl)c(Cl)cc3Cl)c2)n1. The average Bonchev–Trinajstić information content (AvgIpc) is 3.32. The monoisotopic (exact) mass is 531 g/mol. The van der Waals surface area contributed by atoms with E-state index in [1.165, 1.54) is 12.1 Å². The summed E-state index contributed by atoms with van der Waals surface area (Å²) in [5.74, 6) is 1.59. The quantitative estimate of drug-likeness (QED) is 0.226. The Balaban J connectivity index is 1.53. The Labute approximate surface area is 216 Å². The van der Waals surface area contributed by atoms with Crippen LogP contribution in [0.1, 0.15) is 6.92 Å². The fourth-order valence-electron chi connectivity index (χ4n) is 3.15. The lowest BCUT2D eigenvalue weighted by molar-refractivity contribution is 0.208. The molecule has 4 rings (SSSR count). The van der Waals surface area contributed by atoms with Crippen LogP contribution >= 0.6 is 34.8 Å². The van der Waals surface area contributed by atoms with Crippen LogP contribution in [-0.4, -0.2) is 43.3 Å². The number of rotatable bonds is 7. The molecule has 4 N–H and O–H groups in total. The molecule has 4 aromatic rings. The van der Waals surface area contributed by atoms with Crippen molar-refractivity contribution in [2.24, 2.45) is 0 Å². The number of halogens is 3. The van der Waals surface area contributed by atoms with E-state index in [-0.39, 0.29) is 10.0 Å². The largest absolute Gasteiger partial charge is 0.392 e. The van der Waals surface area contributed by atoms with Crippen molar-refractivity contribution >= 4 is 58.2 Å². The maximum absolute atomic E-state index is 12.5. The summed E-state index contributed by atoms with van der Waals surface area (Å²) in [7, 11) is 0. The number of nitrogens with one attached hydrogen (secondary N) is 3. The number of aliphatic hydroxyl groups is 1. The summed E-state index contributed by atoms with van der Waals surface area (Å²) in [6, 6.07) is 11.4. The first-order valence-corrected chi connectivity index (χ1v) is 11.5. The van der Waals surface area contributed by atoms with Crippen molar-refractivity contribution in [2.45, 2.75) is 13.0 Å². The molecule has 12 heteroatoms. The van der Waals surface area contributed by atoms with Gasteiger partial charge >= 0.3 is 6.03 Å². The Kier molecular flexibility index (Phi) is 7.72. The molecule has 2 amide bonds. The van der Waals surface area contributed by atoms with Gasteiger partial charge < -0.3 is 21.1 Å². The number of nitrogens with zero attached hydrogens (tertiary/aromatic N) is 4. The molecule has 0 bridgehead atoms. The van der Waals surface area contributed by atoms with E-state index in [0.717, 1.165) is 5.56 Å². The molecule has 0 saturated carbocycles. The van der Waals surface area contributed by atoms with Crippen LogP contribution in [0.2, 0.25) is 15.1 Å². The fraction of sp³-hybridized carbons (Fsp3) is 0.130. The molecule has 0 radical (unpaired) electrons. The Bertz CT molecular complexity index is 1360. The van der Waals surface area contributed by atoms with Crippen LogP contribution in [0.15, 0.2) is 61.1 Å². The van der Waals surface area contributed by atoms with Gasteiger partial charge in [0.15, 0.2) is 0 Å². The smallest absolute Gasteiger partial charge is 0.323 e. The topological polar surface area (TPSA) is 117 Å². The number of aromatic nitrogens is 4. The van der Waals surface area contributed by atoms with Crippen LogP contribution in [0.5, 0.6) is 0 Å². The summed E-state index contributed by atoms with van der Waals surface area (Å²) in [6.45, 7) is 1.99. The third-order valence-corrected chi connectivity index (χ3v) is 5.76. The highest BCUT2D eigenvalue weighted by atomic mass is 35.5. The first-order chi connectivity index (χ1) is 16.8. The maximum Gasteiger partial charge on any atom is 0.323 e. The predicted octanol–water partition coefficient (Wildman–Crippen LogP) is 5.73. The van der Waals surface area contributed by atoms with Gasteiger partial charge in [0.05, 0.1) is 26.9 Å². The molecular formula is C23H20Cl3N7O2. The van der Waals surface area contributed by atoms with Crippen molar-refractivity contribution in [2.75, 3.05) is 22.5 Å². The van der Waals surface area contributed by atoms with Crippen molar-refractivity contribution in [3.63, 3.8) is 0 Å². The summed E-state index contributed by atoms with van der Waals surface area (Å²) in [6.07, 6.45) is 4.51. The number of carbonyl (C=O) groups excluding carboxylic acids is 1. The van der Waals surface area contributed by atoms with E-state index in [1.54, 1.807) is 54.3 Å². The zero-order chi connectivity index (χ0) is 24.9. The van der Waals surface area contributed by atoms with Crippen LogP contribution in [0.25, 0.3) is 17.2 Å². The Morgan fingerprint density at radius 1 is 1.03 bits per heavy atom. The Hall–Kier alpha value is -3.37. The molecule has 2 heterocycles. The van der Waals surface area contributed by atoms with E-state index >= 15 is 0 Å². The van der Waals surface area contributed by atoms with E-state index in [9.17, 15) is 9.90 Å². The first-order valence-electron chi connectivity index (χ1n) is 10.4. The van der Waals surface area contributed by atoms with Crippen molar-refractivity contribution in [3.05, 3.63) is 76.1 Å². The highest BCUT2D eigenvalue weighted by molar-refractivity contribution is 6.44. The van der Waals surface area contributed by atoms with Crippen molar-refractivity contribution in [1.82, 2.24) is 19.5 Å². The van der Waals surface area contributed by atoms with Gasteiger partial charge in [0.2, 0.25) is 5.95 Å². The highest BCUT2D eigenvalue weighted by Gasteiger charge is 2.13. The van der Waals surface area contributed by atoms with E-state index in [0.29, 0.717) is 40.5 Å². The van der Waals surface area contributed by atoms with Crippen molar-refractivity contribution < 1.29 is 9.90 Å². The number of hydrogen-bond acceptors (Lipinski definition) is 6. The number of amides is 2. The summed E-state index contributed by atoms with van der Waals surface area (Å²) in [4.78, 5) is 25.7. The van der Waals surface area contributed by atoms with Gasteiger partial charge in [0, 0.05) is 36.4 Å². The second kappa shape index (κ2) is 10.9. The summed E-state index contributed by atoms with van der Waals surface area (Å²) in [5, 5.41) is 18.7. The lowest BCUT2D eigenvalue weighted by Gasteiger charge is -2.12. The minimum Gasteiger partial charge on any atom is -0.392 e. The van der Waals surface area contributed by atoms with Crippen LogP contribution in [0, 0.1) is 0 Å². The minimum absolute atomic E-state index is 0.262. The normalized spacial score (nSPS) is 11.7. The number of benzene rings is 2. The zero-order valence-corrected chi connectivity index (χ0v) is 20.6. The molecule has 0 aliphatic rings. The second-order valence-electron chi connectivity index (χ2n) is 7.50. The van der Waals surface area contributed by atoms with Gasteiger partial charge in [0.25, 0.3) is 0 Å². The molecule has 35 heavy (non-hydrogen) atoms. The summed E-state index contributed by atoms with van der Waals surface area (Å²) < 4.78 is 1.80. The number of urea groups is 1. The third kappa shape index (κ3) is 6.20. The third-order valence-electron chi connectivity index (χ3n) is 4.72. The van der Waals surface area contributed by atoms with Crippen LogP contribution in [0.4, 0.5) is 22.1 Å². The Morgan fingerprint density at radius 2 is 1.83 bits per heavy atom. The summed E-state index contributed by atoms with van der Waals surface area (Å²) >= 11 is 18.1. The van der Waals surface area contributed by atoms with Gasteiger partial charge in [-0.15, -0.1) is 0 Å². The molecule has 0 spiro atoms. The molecular weight excluding hydrogens is 513 g/mol. The number of hydrogen-bond donors (Lipinski definition) is 4. The standard InChI is InChI=1S/C23H20Cl3N7O2/c1-13(34)12-29-22-28-6-5-20(32-22)33-8-7-27-21(33)14-3-2-4-15(9-14)30-23(35)31-19-11-17(25)16(24)10-18(19)26/h2-11,13,34H,12H2,1H3,(H,28,29,32)(H2,30,31,35). The maximum atomic E-state index is 12.5. The van der Waals surface area contributed by atoms with Crippen LogP contribution in [-0.2, 0) is 0 Å². The molecule has 0 saturated heterocycles. The molecule has 2 aromatic carbocycles. The molecule has 0 aliphatic heterocycles. The van der Waals surface area contributed by atoms with E-state index < -0.39 is 12.1 Å². The molecule has 9 nitrogen and oxygen atoms in total. The van der Waals surface area contributed by atoms with Crippen molar-refractivity contribution in [1.29, 1.82) is 0 Å². The minimum atomic E-state index is -0.536. The lowest BCUT2D eigenvalue weighted by Crippen LogP contribution is -2.19. The molecule has 0 aliphatic carbocycles. The Morgan fingerprint density at radius 3 is 2.63 bits per heavy atom. The first kappa shape index (κ1) is 24.7. The van der Waals surface area contributed by atoms with E-state index in [4.69, 9.17) is 34.8 Å². The van der Waals surface area contributed by atoms with E-state index in [1.807, 2.05) is 6.07 Å². The van der Waals surface area contributed by atoms with Crippen LogP contribution in [0.3, 0.4) is 0 Å². The molecule has 2 aromatic heterocycles. The van der Waals surface area contributed by atoms with Gasteiger partial charge in [-0.2, -0.15) is 4.98 Å². The fourth-order valence-corrected chi connectivity index (χ4v) is 3.74. The van der Waals surface area contributed by atoms with Gasteiger partial charge in [-0.25, -0.2) is 14.8 Å². The van der Waals surface area contributed by atoms with Gasteiger partial charge in [-0.05, 0) is 37.3 Å². The number of carbonyl (C=O) groups is 1. The van der Waals surface area contributed by atoms with Crippen molar-refractivity contribution in [3.8, 4) is 17.2 Å². The van der Waals surface area contributed by atoms with Gasteiger partial charge in [-0.1, -0.05) is 46.9 Å². The zero-order valence-electron chi connectivity index (χ0n) is 18.3. The second-order valence-corrected chi connectivity index (χ2v) is 8.72. The molecule has 1 unspecified atom stereocenters. The summed E-state index contributed by atoms with van der Waals surface area (Å²) in [5.41, 5.74) is 1.61. The van der Waals surface area contributed by atoms with Crippen LogP contribution < -0.4 is 16.0 Å². The lowest BCUT2D eigenvalue weighted by atomic mass is 10.2. The average molecular weight is 533 g/mol. The highest BCUT2D eigenvalue weighted by Crippen LogP contribution is 2.32. The van der Waals surface area contributed by atoms with Gasteiger partial charge in [-0.3, -0.25) is 4.57 Å². The predicted molar refractivity (Wildman–Crippen MR) is 139 cm³/mol. The molecule has 0 fully saturated rings. The van der Waals surface area contributed by atoms with E-state index in [2.05, 4.69) is 30.9 Å².